The number of hydrogen-bond acceptors (Lipinski definition) is 3. The highest BCUT2D eigenvalue weighted by atomic mass is 16.3. The van der Waals surface area contributed by atoms with Crippen LogP contribution in [0.3, 0.4) is 0 Å². The topological polar surface area (TPSA) is 67.2 Å². The van der Waals surface area contributed by atoms with Gasteiger partial charge in [-0.25, -0.2) is 4.98 Å². The number of amides is 1. The predicted octanol–water partition coefficient (Wildman–Crippen LogP) is -0.318. The number of nitrogens with zero attached hydrogens (tertiary/aromatic N) is 2. The van der Waals surface area contributed by atoms with Gasteiger partial charge in [0.05, 0.1) is 24.8 Å². The molecule has 0 bridgehead atoms. The molecule has 1 aromatic rings. The summed E-state index contributed by atoms with van der Waals surface area (Å²) in [4.78, 5) is 15.1. The van der Waals surface area contributed by atoms with Crippen LogP contribution in [0.1, 0.15) is 18.7 Å². The van der Waals surface area contributed by atoms with E-state index in [1.54, 1.807) is 24.7 Å². The van der Waals surface area contributed by atoms with E-state index in [0.29, 0.717) is 5.69 Å². The van der Waals surface area contributed by atoms with E-state index < -0.39 is 0 Å². The second-order valence-corrected chi connectivity index (χ2v) is 2.74. The van der Waals surface area contributed by atoms with Crippen LogP contribution in [0.15, 0.2) is 12.5 Å². The van der Waals surface area contributed by atoms with Gasteiger partial charge in [0.1, 0.15) is 6.04 Å². The van der Waals surface area contributed by atoms with Gasteiger partial charge in [0.25, 0.3) is 0 Å². The van der Waals surface area contributed by atoms with Crippen LogP contribution in [-0.2, 0) is 11.4 Å². The third-order valence-electron chi connectivity index (χ3n) is 1.95. The summed E-state index contributed by atoms with van der Waals surface area (Å²) in [6.45, 7) is 1.64. The van der Waals surface area contributed by atoms with Crippen LogP contribution >= 0.6 is 0 Å². The highest BCUT2D eigenvalue weighted by molar-refractivity contribution is 5.79. The Morgan fingerprint density at radius 1 is 1.85 bits per heavy atom. The number of imidazole rings is 1. The molecule has 2 N–H and O–H groups in total. The second kappa shape index (κ2) is 4.04. The Morgan fingerprint density at radius 3 is 3.08 bits per heavy atom. The Hall–Kier alpha value is -1.36. The van der Waals surface area contributed by atoms with Gasteiger partial charge in [0.2, 0.25) is 5.91 Å². The van der Waals surface area contributed by atoms with Crippen molar-refractivity contribution in [2.45, 2.75) is 19.6 Å². The quantitative estimate of drug-likeness (QED) is 0.675. The van der Waals surface area contributed by atoms with Gasteiger partial charge in [-0.15, -0.1) is 0 Å². The van der Waals surface area contributed by atoms with Crippen molar-refractivity contribution < 1.29 is 9.90 Å². The molecule has 1 aromatic heterocycles. The van der Waals surface area contributed by atoms with Gasteiger partial charge < -0.3 is 15.0 Å². The molecule has 0 radical (unpaired) electrons. The van der Waals surface area contributed by atoms with Gasteiger partial charge in [-0.3, -0.25) is 4.79 Å². The van der Waals surface area contributed by atoms with Crippen LogP contribution in [0.5, 0.6) is 0 Å². The summed E-state index contributed by atoms with van der Waals surface area (Å²) in [7, 11) is 1.58. The number of likely N-dealkylation sites (N-methyl/N-ethyl adjacent to an activating group) is 1. The average Bonchev–Trinajstić information content (AvgIpc) is 2.62. The lowest BCUT2D eigenvalue weighted by Crippen LogP contribution is -2.28. The summed E-state index contributed by atoms with van der Waals surface area (Å²) in [5, 5.41) is 11.5. The summed E-state index contributed by atoms with van der Waals surface area (Å²) in [6.07, 6.45) is 3.07. The molecule has 0 saturated heterocycles. The summed E-state index contributed by atoms with van der Waals surface area (Å²) < 4.78 is 1.64. The third kappa shape index (κ3) is 1.86. The number of aromatic nitrogens is 2. The van der Waals surface area contributed by atoms with E-state index in [0.717, 1.165) is 0 Å². The fraction of sp³-hybridized carbons (Fsp3) is 0.500. The minimum Gasteiger partial charge on any atom is -0.390 e. The minimum atomic E-state index is -0.338. The van der Waals surface area contributed by atoms with Crippen LogP contribution in [0.2, 0.25) is 0 Å². The molecule has 5 nitrogen and oxygen atoms in total. The Labute approximate surface area is 76.4 Å². The number of rotatable bonds is 3. The van der Waals surface area contributed by atoms with Crippen LogP contribution in [0, 0.1) is 0 Å². The zero-order valence-electron chi connectivity index (χ0n) is 7.69. The number of carbonyl (C=O) groups excluding carboxylic acids is 1. The number of aliphatic hydroxyl groups excluding tert-OH is 1. The minimum absolute atomic E-state index is 0.104. The molecule has 1 rings (SSSR count). The Balaban J connectivity index is 2.87. The first-order chi connectivity index (χ1) is 6.20. The molecule has 0 saturated carbocycles. The first-order valence-corrected chi connectivity index (χ1v) is 4.04. The first-order valence-electron chi connectivity index (χ1n) is 4.04. The van der Waals surface area contributed by atoms with Crippen LogP contribution < -0.4 is 5.32 Å². The summed E-state index contributed by atoms with van der Waals surface area (Å²) >= 11 is 0. The average molecular weight is 183 g/mol. The summed E-state index contributed by atoms with van der Waals surface area (Å²) in [5.41, 5.74) is 0.635. The molecular formula is C8H13N3O2. The molecule has 0 aliphatic carbocycles. The van der Waals surface area contributed by atoms with E-state index in [1.807, 2.05) is 0 Å². The van der Waals surface area contributed by atoms with Crippen molar-refractivity contribution in [1.29, 1.82) is 0 Å². The Kier molecular flexibility index (Phi) is 3.02. The second-order valence-electron chi connectivity index (χ2n) is 2.74. The zero-order valence-corrected chi connectivity index (χ0v) is 7.69. The standard InChI is InChI=1S/C8H13N3O2/c1-6(8(13)9-2)11-5-10-3-7(11)4-12/h3,5-6,12H,4H2,1-2H3,(H,9,13). The van der Waals surface area contributed by atoms with Crippen molar-refractivity contribution in [3.05, 3.63) is 18.2 Å². The van der Waals surface area contributed by atoms with E-state index in [2.05, 4.69) is 10.3 Å². The molecule has 13 heavy (non-hydrogen) atoms. The molecule has 72 valence electrons. The third-order valence-corrected chi connectivity index (χ3v) is 1.95. The van der Waals surface area contributed by atoms with E-state index in [4.69, 9.17) is 5.11 Å². The maximum absolute atomic E-state index is 11.2. The molecule has 1 heterocycles. The largest absolute Gasteiger partial charge is 0.390 e. The Morgan fingerprint density at radius 2 is 2.54 bits per heavy atom. The van der Waals surface area contributed by atoms with Gasteiger partial charge in [0, 0.05) is 7.05 Å². The highest BCUT2D eigenvalue weighted by Crippen LogP contribution is 2.09. The highest BCUT2D eigenvalue weighted by Gasteiger charge is 2.14. The molecule has 1 atom stereocenters. The van der Waals surface area contributed by atoms with Gasteiger partial charge in [-0.1, -0.05) is 0 Å². The maximum atomic E-state index is 11.2. The molecule has 0 fully saturated rings. The molecule has 5 heteroatoms. The molecule has 0 spiro atoms. The lowest BCUT2D eigenvalue weighted by molar-refractivity contribution is -0.123. The van der Waals surface area contributed by atoms with Crippen molar-refractivity contribution in [3.63, 3.8) is 0 Å². The Bertz CT molecular complexity index is 295. The van der Waals surface area contributed by atoms with Crippen LogP contribution in [-0.4, -0.2) is 27.6 Å². The van der Waals surface area contributed by atoms with Crippen molar-refractivity contribution in [2.24, 2.45) is 0 Å². The fourth-order valence-electron chi connectivity index (χ4n) is 1.14. The fourth-order valence-corrected chi connectivity index (χ4v) is 1.14. The summed E-state index contributed by atoms with van der Waals surface area (Å²) in [6, 6.07) is -0.338. The SMILES string of the molecule is CNC(=O)C(C)n1cncc1CO. The monoisotopic (exact) mass is 183 g/mol. The van der Waals surface area contributed by atoms with E-state index >= 15 is 0 Å². The molecule has 1 amide bonds. The zero-order chi connectivity index (χ0) is 9.84. The van der Waals surface area contributed by atoms with E-state index in [1.165, 1.54) is 6.33 Å². The van der Waals surface area contributed by atoms with Gasteiger partial charge in [-0.05, 0) is 6.92 Å². The van der Waals surface area contributed by atoms with Crippen molar-refractivity contribution in [2.75, 3.05) is 7.05 Å². The van der Waals surface area contributed by atoms with Crippen LogP contribution in [0.4, 0.5) is 0 Å². The van der Waals surface area contributed by atoms with Crippen molar-refractivity contribution >= 4 is 5.91 Å². The van der Waals surface area contributed by atoms with Crippen LogP contribution in [0.25, 0.3) is 0 Å². The molecule has 0 aliphatic heterocycles. The number of aliphatic hydroxyl groups is 1. The smallest absolute Gasteiger partial charge is 0.242 e. The molecule has 0 aromatic carbocycles. The predicted molar refractivity (Wildman–Crippen MR) is 46.9 cm³/mol. The van der Waals surface area contributed by atoms with E-state index in [-0.39, 0.29) is 18.6 Å². The summed E-state index contributed by atoms with van der Waals surface area (Å²) in [5.74, 6) is -0.104. The first kappa shape index (κ1) is 9.73. The number of nitrogens with one attached hydrogen (secondary N) is 1. The lowest BCUT2D eigenvalue weighted by atomic mass is 10.3. The number of carbonyl (C=O) groups is 1. The normalized spacial score (nSPS) is 12.5. The molecule has 0 aliphatic rings. The van der Waals surface area contributed by atoms with E-state index in [9.17, 15) is 4.79 Å². The van der Waals surface area contributed by atoms with Gasteiger partial charge in [-0.2, -0.15) is 0 Å². The lowest BCUT2D eigenvalue weighted by Gasteiger charge is -2.13. The van der Waals surface area contributed by atoms with Gasteiger partial charge >= 0.3 is 0 Å². The number of hydrogen-bond donors (Lipinski definition) is 2. The van der Waals surface area contributed by atoms with Crippen molar-refractivity contribution in [3.8, 4) is 0 Å². The molecular weight excluding hydrogens is 170 g/mol. The maximum Gasteiger partial charge on any atom is 0.242 e. The van der Waals surface area contributed by atoms with Gasteiger partial charge in [0.15, 0.2) is 0 Å². The molecule has 1 unspecified atom stereocenters. The van der Waals surface area contributed by atoms with Crippen molar-refractivity contribution in [1.82, 2.24) is 14.9 Å².